The first-order chi connectivity index (χ1) is 17.0. The fourth-order valence-corrected chi connectivity index (χ4v) is 3.48. The number of carbonyl (C=O) groups is 2. The average molecular weight is 470 g/mol. The number of rotatable bonds is 8. The fraction of sp³-hybridized carbons (Fsp3) is 0.0769. The van der Waals surface area contributed by atoms with E-state index in [9.17, 15) is 19.8 Å². The molecular weight excluding hydrogens is 448 g/mol. The van der Waals surface area contributed by atoms with Crippen molar-refractivity contribution in [2.45, 2.75) is 0 Å². The SMILES string of the molecule is O=C(COCC(=O)N/N=C/c1c(O)ccc2ccccc12)N/N=C\c1c(O)ccc2ccccc12. The van der Waals surface area contributed by atoms with Crippen molar-refractivity contribution < 1.29 is 24.5 Å². The zero-order chi connectivity index (χ0) is 24.6. The van der Waals surface area contributed by atoms with Crippen LogP contribution in [0.4, 0.5) is 0 Å². The quantitative estimate of drug-likeness (QED) is 0.232. The molecule has 4 N–H and O–H groups in total. The number of aromatic hydroxyl groups is 2. The van der Waals surface area contributed by atoms with Gasteiger partial charge in [0.15, 0.2) is 0 Å². The molecule has 0 aliphatic rings. The predicted octanol–water partition coefficient (Wildman–Crippen LogP) is 3.02. The highest BCUT2D eigenvalue weighted by molar-refractivity contribution is 6.03. The average Bonchev–Trinajstić information content (AvgIpc) is 2.86. The molecule has 4 rings (SSSR count). The Labute approximate surface area is 200 Å². The van der Waals surface area contributed by atoms with Crippen LogP contribution in [0, 0.1) is 0 Å². The lowest BCUT2D eigenvalue weighted by molar-refractivity contribution is -0.130. The van der Waals surface area contributed by atoms with Crippen molar-refractivity contribution in [1.29, 1.82) is 0 Å². The largest absolute Gasteiger partial charge is 0.507 e. The normalized spacial score (nSPS) is 11.4. The summed E-state index contributed by atoms with van der Waals surface area (Å²) >= 11 is 0. The van der Waals surface area contributed by atoms with Crippen LogP contribution in [-0.4, -0.2) is 47.7 Å². The minimum Gasteiger partial charge on any atom is -0.507 e. The number of hydrogen-bond donors (Lipinski definition) is 4. The topological polar surface area (TPSA) is 133 Å². The lowest BCUT2D eigenvalue weighted by Gasteiger charge is -2.05. The summed E-state index contributed by atoms with van der Waals surface area (Å²) in [5.74, 6) is -1.07. The number of nitrogens with zero attached hydrogens (tertiary/aromatic N) is 2. The molecule has 0 saturated carbocycles. The number of amides is 2. The first-order valence-corrected chi connectivity index (χ1v) is 10.7. The van der Waals surface area contributed by atoms with Crippen molar-refractivity contribution in [3.05, 3.63) is 83.9 Å². The van der Waals surface area contributed by atoms with E-state index in [4.69, 9.17) is 4.74 Å². The smallest absolute Gasteiger partial charge is 0.266 e. The van der Waals surface area contributed by atoms with E-state index in [-0.39, 0.29) is 11.5 Å². The third-order valence-corrected chi connectivity index (χ3v) is 5.13. The Kier molecular flexibility index (Phi) is 7.29. The van der Waals surface area contributed by atoms with E-state index < -0.39 is 25.0 Å². The molecule has 4 aromatic carbocycles. The highest BCUT2D eigenvalue weighted by Crippen LogP contribution is 2.26. The molecule has 176 valence electrons. The molecule has 0 bridgehead atoms. The number of ether oxygens (including phenoxy) is 1. The van der Waals surface area contributed by atoms with Crippen molar-refractivity contribution in [3.63, 3.8) is 0 Å². The number of phenols is 2. The molecule has 0 aliphatic heterocycles. The molecule has 0 atom stereocenters. The molecule has 0 aliphatic carbocycles. The molecule has 0 unspecified atom stereocenters. The second-order valence-electron chi connectivity index (χ2n) is 7.52. The van der Waals surface area contributed by atoms with Gasteiger partial charge in [-0.05, 0) is 33.7 Å². The zero-order valence-corrected chi connectivity index (χ0v) is 18.5. The van der Waals surface area contributed by atoms with Gasteiger partial charge in [-0.1, -0.05) is 60.7 Å². The molecule has 0 radical (unpaired) electrons. The molecule has 0 spiro atoms. The number of hydrogen-bond acceptors (Lipinski definition) is 7. The van der Waals surface area contributed by atoms with Gasteiger partial charge in [-0.3, -0.25) is 9.59 Å². The van der Waals surface area contributed by atoms with E-state index >= 15 is 0 Å². The summed E-state index contributed by atoms with van der Waals surface area (Å²) in [7, 11) is 0. The first-order valence-electron chi connectivity index (χ1n) is 10.7. The van der Waals surface area contributed by atoms with Gasteiger partial charge < -0.3 is 14.9 Å². The van der Waals surface area contributed by atoms with Crippen LogP contribution < -0.4 is 10.9 Å². The van der Waals surface area contributed by atoms with Gasteiger partial charge in [0.05, 0.1) is 12.4 Å². The Hall–Kier alpha value is -4.76. The summed E-state index contributed by atoms with van der Waals surface area (Å²) < 4.78 is 5.08. The van der Waals surface area contributed by atoms with Crippen molar-refractivity contribution in [3.8, 4) is 11.5 Å². The monoisotopic (exact) mass is 470 g/mol. The number of benzene rings is 4. The molecule has 9 nitrogen and oxygen atoms in total. The number of phenolic OH excluding ortho intramolecular Hbond substituents is 2. The predicted molar refractivity (Wildman–Crippen MR) is 134 cm³/mol. The van der Waals surface area contributed by atoms with Crippen LogP contribution in [0.25, 0.3) is 21.5 Å². The van der Waals surface area contributed by atoms with Gasteiger partial charge in [-0.15, -0.1) is 0 Å². The van der Waals surface area contributed by atoms with E-state index in [0.717, 1.165) is 21.5 Å². The van der Waals surface area contributed by atoms with E-state index in [2.05, 4.69) is 21.1 Å². The van der Waals surface area contributed by atoms with Gasteiger partial charge in [0.1, 0.15) is 24.7 Å². The van der Waals surface area contributed by atoms with Gasteiger partial charge in [-0.25, -0.2) is 10.9 Å². The van der Waals surface area contributed by atoms with Gasteiger partial charge >= 0.3 is 0 Å². The summed E-state index contributed by atoms with van der Waals surface area (Å²) in [6, 6.07) is 21.6. The standard InChI is InChI=1S/C26H22N4O5/c31-23-11-9-17-5-1-3-7-19(17)21(23)13-27-29-25(33)15-35-16-26(34)30-28-14-22-20-8-4-2-6-18(20)10-12-24(22)32/h1-14,31-32H,15-16H2,(H,29,33)(H,30,34)/b27-13-,28-14+. The van der Waals surface area contributed by atoms with Gasteiger partial charge in [0.2, 0.25) is 0 Å². The molecule has 35 heavy (non-hydrogen) atoms. The van der Waals surface area contributed by atoms with Gasteiger partial charge in [0.25, 0.3) is 11.8 Å². The molecular formula is C26H22N4O5. The van der Waals surface area contributed by atoms with Crippen molar-refractivity contribution in [2.75, 3.05) is 13.2 Å². The van der Waals surface area contributed by atoms with E-state index in [1.165, 1.54) is 12.4 Å². The van der Waals surface area contributed by atoms with Crippen LogP contribution in [0.1, 0.15) is 11.1 Å². The van der Waals surface area contributed by atoms with Crippen LogP contribution in [-0.2, 0) is 14.3 Å². The Morgan fingerprint density at radius 3 is 1.57 bits per heavy atom. The second-order valence-corrected chi connectivity index (χ2v) is 7.52. The van der Waals surface area contributed by atoms with Crippen molar-refractivity contribution >= 4 is 45.8 Å². The maximum absolute atomic E-state index is 11.9. The van der Waals surface area contributed by atoms with Crippen LogP contribution in [0.3, 0.4) is 0 Å². The minimum atomic E-state index is -0.571. The number of hydrazone groups is 2. The van der Waals surface area contributed by atoms with Crippen LogP contribution in [0.5, 0.6) is 11.5 Å². The molecule has 9 heteroatoms. The molecule has 0 aromatic heterocycles. The Morgan fingerprint density at radius 2 is 1.11 bits per heavy atom. The van der Waals surface area contributed by atoms with Crippen molar-refractivity contribution in [1.82, 2.24) is 10.9 Å². The Morgan fingerprint density at radius 1 is 0.686 bits per heavy atom. The fourth-order valence-electron chi connectivity index (χ4n) is 3.48. The molecule has 0 saturated heterocycles. The molecule has 2 amide bonds. The number of nitrogens with one attached hydrogen (secondary N) is 2. The molecule has 4 aromatic rings. The maximum atomic E-state index is 11.9. The Balaban J connectivity index is 1.24. The summed E-state index contributed by atoms with van der Waals surface area (Å²) in [4.78, 5) is 23.8. The first kappa shape index (κ1) is 23.4. The Bertz CT molecular complexity index is 1340. The van der Waals surface area contributed by atoms with E-state index in [1.807, 2.05) is 48.5 Å². The summed E-state index contributed by atoms with van der Waals surface area (Å²) in [6.07, 6.45) is 2.69. The van der Waals surface area contributed by atoms with Gasteiger partial charge in [0, 0.05) is 11.1 Å². The lowest BCUT2D eigenvalue weighted by Crippen LogP contribution is -2.28. The van der Waals surface area contributed by atoms with Crippen LogP contribution in [0.15, 0.2) is 83.0 Å². The summed E-state index contributed by atoms with van der Waals surface area (Å²) in [5.41, 5.74) is 5.52. The van der Waals surface area contributed by atoms with Gasteiger partial charge in [-0.2, -0.15) is 10.2 Å². The third-order valence-electron chi connectivity index (χ3n) is 5.13. The highest BCUT2D eigenvalue weighted by atomic mass is 16.5. The number of fused-ring (bicyclic) bond motifs is 2. The molecule has 0 heterocycles. The van der Waals surface area contributed by atoms with E-state index in [1.54, 1.807) is 24.3 Å². The summed E-state index contributed by atoms with van der Waals surface area (Å²) in [5, 5.41) is 31.3. The third kappa shape index (κ3) is 5.79. The zero-order valence-electron chi connectivity index (χ0n) is 18.5. The lowest BCUT2D eigenvalue weighted by atomic mass is 10.0. The highest BCUT2D eigenvalue weighted by Gasteiger charge is 2.07. The number of carbonyl (C=O) groups excluding carboxylic acids is 2. The van der Waals surface area contributed by atoms with Crippen LogP contribution in [0.2, 0.25) is 0 Å². The van der Waals surface area contributed by atoms with E-state index in [0.29, 0.717) is 11.1 Å². The maximum Gasteiger partial charge on any atom is 0.266 e. The van der Waals surface area contributed by atoms with Crippen LogP contribution >= 0.6 is 0 Å². The molecule has 0 fully saturated rings. The summed E-state index contributed by atoms with van der Waals surface area (Å²) in [6.45, 7) is -0.805. The minimum absolute atomic E-state index is 0.0343. The van der Waals surface area contributed by atoms with Crippen molar-refractivity contribution in [2.24, 2.45) is 10.2 Å². The second kappa shape index (κ2) is 10.9.